The maximum Gasteiger partial charge on any atom is 0.348 e. The van der Waals surface area contributed by atoms with Crippen molar-refractivity contribution in [2.75, 3.05) is 32.8 Å². The number of carbonyl (C=O) groups excluding carboxylic acids is 5. The summed E-state index contributed by atoms with van der Waals surface area (Å²) < 4.78 is 20.2. The fraction of sp³-hybridized carbons (Fsp3) is 0.435. The molecule has 2 rings (SSSR count). The highest BCUT2D eigenvalue weighted by atomic mass is 32.2. The van der Waals surface area contributed by atoms with Crippen LogP contribution in [0.15, 0.2) is 4.21 Å². The number of esters is 4. The molecule has 1 N–H and O–H groups in total. The zero-order valence-corrected chi connectivity index (χ0v) is 23.3. The van der Waals surface area contributed by atoms with Crippen molar-refractivity contribution < 1.29 is 42.9 Å². The van der Waals surface area contributed by atoms with Gasteiger partial charge in [0.25, 0.3) is 0 Å². The molecule has 0 aliphatic rings. The number of amides is 1. The lowest BCUT2D eigenvalue weighted by molar-refractivity contribution is -0.115. The van der Waals surface area contributed by atoms with Crippen LogP contribution in [-0.4, -0.2) is 62.5 Å². The monoisotopic (exact) mass is 557 g/mol. The van der Waals surface area contributed by atoms with Gasteiger partial charge in [0.05, 0.1) is 48.0 Å². The Bertz CT molecular complexity index is 1180. The summed E-state index contributed by atoms with van der Waals surface area (Å²) >= 11 is 2.99. The van der Waals surface area contributed by atoms with Crippen LogP contribution in [0.25, 0.3) is 0 Å². The van der Waals surface area contributed by atoms with E-state index >= 15 is 0 Å². The van der Waals surface area contributed by atoms with Crippen molar-refractivity contribution in [2.24, 2.45) is 0 Å². The van der Waals surface area contributed by atoms with Gasteiger partial charge in [-0.3, -0.25) is 4.79 Å². The van der Waals surface area contributed by atoms with Gasteiger partial charge in [0.1, 0.15) is 14.8 Å². The number of nitrogens with one attached hydrogen (secondary N) is 1. The summed E-state index contributed by atoms with van der Waals surface area (Å²) in [6.45, 7) is 8.43. The van der Waals surface area contributed by atoms with E-state index in [2.05, 4.69) is 5.32 Å². The van der Waals surface area contributed by atoms with Crippen molar-refractivity contribution in [1.29, 1.82) is 0 Å². The molecule has 0 aliphatic carbocycles. The number of rotatable bonds is 10. The van der Waals surface area contributed by atoms with E-state index in [1.54, 1.807) is 34.6 Å². The maximum absolute atomic E-state index is 13.1. The number of carbonyl (C=O) groups is 5. The molecule has 196 valence electrons. The van der Waals surface area contributed by atoms with E-state index in [1.165, 1.54) is 14.2 Å². The highest BCUT2D eigenvalue weighted by Gasteiger charge is 2.31. The van der Waals surface area contributed by atoms with Crippen molar-refractivity contribution in [1.82, 2.24) is 0 Å². The van der Waals surface area contributed by atoms with Crippen LogP contribution >= 0.6 is 34.4 Å². The molecule has 1 atom stereocenters. The molecule has 2 aromatic heterocycles. The Labute approximate surface area is 220 Å². The molecule has 0 saturated heterocycles. The summed E-state index contributed by atoms with van der Waals surface area (Å²) in [5.74, 6) is -3.04. The summed E-state index contributed by atoms with van der Waals surface area (Å²) in [4.78, 5) is 62.9. The number of ether oxygens (including phenoxy) is 4. The highest BCUT2D eigenvalue weighted by molar-refractivity contribution is 8.02. The second-order valence-corrected chi connectivity index (χ2v) is 10.8. The smallest absolute Gasteiger partial charge is 0.348 e. The zero-order valence-electron chi connectivity index (χ0n) is 20.9. The molecule has 0 spiro atoms. The summed E-state index contributed by atoms with van der Waals surface area (Å²) in [7, 11) is 2.42. The Kier molecular flexibility index (Phi) is 10.5. The largest absolute Gasteiger partial charge is 0.465 e. The van der Waals surface area contributed by atoms with Crippen LogP contribution in [0.4, 0.5) is 5.00 Å². The van der Waals surface area contributed by atoms with E-state index in [9.17, 15) is 24.0 Å². The Hall–Kier alpha value is -2.90. The molecular formula is C23H27NO9S3. The van der Waals surface area contributed by atoms with E-state index in [0.717, 1.165) is 34.4 Å². The number of anilines is 1. The number of thioether (sulfide) groups is 1. The van der Waals surface area contributed by atoms with Gasteiger partial charge >= 0.3 is 23.9 Å². The van der Waals surface area contributed by atoms with Crippen LogP contribution in [0.5, 0.6) is 0 Å². The second-order valence-electron chi connectivity index (χ2n) is 7.15. The van der Waals surface area contributed by atoms with Crippen molar-refractivity contribution >= 4 is 69.2 Å². The lowest BCUT2D eigenvalue weighted by Gasteiger charge is -2.12. The van der Waals surface area contributed by atoms with E-state index in [-0.39, 0.29) is 39.1 Å². The normalized spacial score (nSPS) is 11.4. The molecular weight excluding hydrogens is 530 g/mol. The second kappa shape index (κ2) is 12.9. The Balaban J connectivity index is 2.38. The van der Waals surface area contributed by atoms with Gasteiger partial charge in [-0.2, -0.15) is 0 Å². The molecule has 0 bridgehead atoms. The summed E-state index contributed by atoms with van der Waals surface area (Å²) in [5, 5.41) is 2.06. The lowest BCUT2D eigenvalue weighted by Crippen LogP contribution is -2.23. The summed E-state index contributed by atoms with van der Waals surface area (Å²) in [5.41, 5.74) is 0.980. The SMILES string of the molecule is CCOC(=O)c1sc(NC(=O)C(C)Sc2sc(C(=O)OCC)c(C)c2C(=O)OC)c(C(=O)OC)c1C. The van der Waals surface area contributed by atoms with Crippen LogP contribution in [0.3, 0.4) is 0 Å². The Morgan fingerprint density at radius 2 is 1.28 bits per heavy atom. The highest BCUT2D eigenvalue weighted by Crippen LogP contribution is 2.40. The van der Waals surface area contributed by atoms with Gasteiger partial charge in [-0.05, 0) is 45.7 Å². The van der Waals surface area contributed by atoms with Gasteiger partial charge in [0.15, 0.2) is 0 Å². The van der Waals surface area contributed by atoms with Gasteiger partial charge in [-0.1, -0.05) is 0 Å². The average Bonchev–Trinajstić information content (AvgIpc) is 3.34. The van der Waals surface area contributed by atoms with E-state index < -0.39 is 35.0 Å². The number of thiophene rings is 2. The Morgan fingerprint density at radius 1 is 0.806 bits per heavy atom. The first kappa shape index (κ1) is 29.3. The third-order valence-electron chi connectivity index (χ3n) is 4.85. The van der Waals surface area contributed by atoms with Crippen LogP contribution < -0.4 is 5.32 Å². The van der Waals surface area contributed by atoms with Crippen LogP contribution in [-0.2, 0) is 23.7 Å². The maximum atomic E-state index is 13.1. The number of hydrogen-bond acceptors (Lipinski definition) is 12. The Morgan fingerprint density at radius 3 is 1.78 bits per heavy atom. The van der Waals surface area contributed by atoms with Crippen LogP contribution in [0, 0.1) is 13.8 Å². The van der Waals surface area contributed by atoms with Crippen LogP contribution in [0.2, 0.25) is 0 Å². The average molecular weight is 558 g/mol. The van der Waals surface area contributed by atoms with E-state index in [0.29, 0.717) is 15.3 Å². The van der Waals surface area contributed by atoms with Crippen molar-refractivity contribution in [2.45, 2.75) is 44.1 Å². The first-order chi connectivity index (χ1) is 17.0. The van der Waals surface area contributed by atoms with Crippen LogP contribution in [0.1, 0.15) is 72.0 Å². The molecule has 36 heavy (non-hydrogen) atoms. The third-order valence-corrected chi connectivity index (χ3v) is 8.63. The fourth-order valence-corrected chi connectivity index (χ4v) is 6.80. The first-order valence-electron chi connectivity index (χ1n) is 10.8. The summed E-state index contributed by atoms with van der Waals surface area (Å²) in [6, 6.07) is 0. The fourth-order valence-electron chi connectivity index (χ4n) is 3.07. The van der Waals surface area contributed by atoms with Crippen molar-refractivity contribution in [3.05, 3.63) is 32.0 Å². The zero-order chi connectivity index (χ0) is 27.2. The minimum Gasteiger partial charge on any atom is -0.465 e. The van der Waals surface area contributed by atoms with Gasteiger partial charge < -0.3 is 24.3 Å². The number of hydrogen-bond donors (Lipinski definition) is 1. The van der Waals surface area contributed by atoms with Crippen molar-refractivity contribution in [3.63, 3.8) is 0 Å². The molecule has 2 heterocycles. The topological polar surface area (TPSA) is 134 Å². The summed E-state index contributed by atoms with van der Waals surface area (Å²) in [6.07, 6.45) is 0. The van der Waals surface area contributed by atoms with Crippen molar-refractivity contribution in [3.8, 4) is 0 Å². The molecule has 13 heteroatoms. The third kappa shape index (κ3) is 6.26. The molecule has 10 nitrogen and oxygen atoms in total. The molecule has 0 fully saturated rings. The molecule has 0 aromatic carbocycles. The predicted molar refractivity (Wildman–Crippen MR) is 137 cm³/mol. The van der Waals surface area contributed by atoms with Gasteiger partial charge in [-0.25, -0.2) is 19.2 Å². The van der Waals surface area contributed by atoms with Gasteiger partial charge in [0.2, 0.25) is 5.91 Å². The minimum atomic E-state index is -0.763. The van der Waals surface area contributed by atoms with Gasteiger partial charge in [0, 0.05) is 0 Å². The molecule has 0 saturated carbocycles. The molecule has 1 amide bonds. The van der Waals surface area contributed by atoms with E-state index in [4.69, 9.17) is 18.9 Å². The van der Waals surface area contributed by atoms with E-state index in [1.807, 2.05) is 0 Å². The number of methoxy groups -OCH3 is 2. The first-order valence-corrected chi connectivity index (χ1v) is 13.3. The quantitative estimate of drug-likeness (QED) is 0.253. The lowest BCUT2D eigenvalue weighted by atomic mass is 10.1. The standard InChI is InChI=1S/C23H27NO9S3/c1-8-32-21(28)15-10(3)13(19(26)30-6)18(35-15)24-17(25)12(5)34-23-14(20(27)31-7)11(4)16(36-23)22(29)33-9-2/h12H,8-9H2,1-7H3,(H,24,25). The molecule has 1 unspecified atom stereocenters. The minimum absolute atomic E-state index is 0.0583. The molecule has 0 aliphatic heterocycles. The van der Waals surface area contributed by atoms with Gasteiger partial charge in [-0.15, -0.1) is 34.4 Å². The molecule has 0 radical (unpaired) electrons. The molecule has 2 aromatic rings. The predicted octanol–water partition coefficient (Wildman–Crippen LogP) is 4.47.